The van der Waals surface area contributed by atoms with Crippen molar-refractivity contribution in [2.45, 2.75) is 20.5 Å². The molecule has 5 nitrogen and oxygen atoms in total. The van der Waals surface area contributed by atoms with Gasteiger partial charge < -0.3 is 14.2 Å². The number of esters is 1. The van der Waals surface area contributed by atoms with Crippen LogP contribution in [-0.2, 0) is 16.1 Å². The van der Waals surface area contributed by atoms with Gasteiger partial charge in [0.05, 0.1) is 11.6 Å². The lowest BCUT2D eigenvalue weighted by atomic mass is 10.1. The Morgan fingerprint density at radius 3 is 2.58 bits per heavy atom. The maximum atomic E-state index is 12.4. The molecule has 0 saturated heterocycles. The Balaban J connectivity index is 1.61. The molecule has 0 amide bonds. The highest BCUT2D eigenvalue weighted by Gasteiger charge is 2.24. The van der Waals surface area contributed by atoms with Crippen molar-refractivity contribution >= 4 is 45.5 Å². The molecule has 0 aliphatic carbocycles. The number of rotatable bonds is 7. The van der Waals surface area contributed by atoms with E-state index in [0.29, 0.717) is 35.3 Å². The van der Waals surface area contributed by atoms with Gasteiger partial charge in [0.1, 0.15) is 6.61 Å². The molecule has 0 spiro atoms. The van der Waals surface area contributed by atoms with Gasteiger partial charge in [-0.25, -0.2) is 9.79 Å². The molecule has 0 fully saturated rings. The third-order valence-electron chi connectivity index (χ3n) is 4.88. The Labute approximate surface area is 205 Å². The van der Waals surface area contributed by atoms with E-state index in [0.717, 1.165) is 21.2 Å². The fraction of sp³-hybridized carbons (Fsp3) is 0.154. The fourth-order valence-corrected chi connectivity index (χ4v) is 3.90. The lowest BCUT2D eigenvalue weighted by molar-refractivity contribution is -0.129. The third-order valence-corrected chi connectivity index (χ3v) is 5.94. The highest BCUT2D eigenvalue weighted by Crippen LogP contribution is 2.38. The van der Waals surface area contributed by atoms with E-state index in [4.69, 9.17) is 25.8 Å². The molecule has 4 rings (SSSR count). The van der Waals surface area contributed by atoms with Gasteiger partial charge in [-0.05, 0) is 55.8 Å². The Hall–Kier alpha value is -3.09. The molecule has 0 radical (unpaired) electrons. The van der Waals surface area contributed by atoms with Crippen LogP contribution in [0.3, 0.4) is 0 Å². The van der Waals surface area contributed by atoms with E-state index < -0.39 is 5.97 Å². The summed E-state index contributed by atoms with van der Waals surface area (Å²) in [5, 5.41) is 0.369. The van der Waals surface area contributed by atoms with Crippen LogP contribution in [0.15, 0.2) is 75.8 Å². The first-order chi connectivity index (χ1) is 15.9. The van der Waals surface area contributed by atoms with E-state index in [2.05, 4.69) is 20.9 Å². The van der Waals surface area contributed by atoms with Gasteiger partial charge in [-0.15, -0.1) is 0 Å². The molecule has 3 aromatic rings. The Morgan fingerprint density at radius 2 is 1.85 bits per heavy atom. The molecule has 0 unspecified atom stereocenters. The van der Waals surface area contributed by atoms with E-state index in [9.17, 15) is 4.79 Å². The number of nitrogens with zero attached hydrogens (tertiary/aromatic N) is 1. The Morgan fingerprint density at radius 1 is 1.09 bits per heavy atom. The molecule has 1 heterocycles. The molecular formula is C26H21BrClNO4. The highest BCUT2D eigenvalue weighted by molar-refractivity contribution is 9.10. The number of hydrogen-bond donors (Lipinski definition) is 0. The zero-order chi connectivity index (χ0) is 23.4. The average molecular weight is 527 g/mol. The van der Waals surface area contributed by atoms with E-state index in [1.807, 2.05) is 62.4 Å². The first-order valence-electron chi connectivity index (χ1n) is 10.4. The summed E-state index contributed by atoms with van der Waals surface area (Å²) < 4.78 is 18.1. The molecule has 0 bridgehead atoms. The number of carbonyl (C=O) groups excluding carboxylic acids is 1. The van der Waals surface area contributed by atoms with Gasteiger partial charge >= 0.3 is 5.97 Å². The summed E-state index contributed by atoms with van der Waals surface area (Å²) in [6.45, 7) is 4.62. The van der Waals surface area contributed by atoms with E-state index in [1.54, 1.807) is 18.2 Å². The molecule has 0 N–H and O–H groups in total. The van der Waals surface area contributed by atoms with Crippen LogP contribution in [-0.4, -0.2) is 18.5 Å². The van der Waals surface area contributed by atoms with Gasteiger partial charge in [0, 0.05) is 15.6 Å². The summed E-state index contributed by atoms with van der Waals surface area (Å²) in [5.41, 5.74) is 3.66. The number of hydrogen-bond acceptors (Lipinski definition) is 5. The molecule has 7 heteroatoms. The summed E-state index contributed by atoms with van der Waals surface area (Å²) >= 11 is 10.1. The van der Waals surface area contributed by atoms with Crippen LogP contribution < -0.4 is 9.47 Å². The van der Waals surface area contributed by atoms with Gasteiger partial charge in [-0.3, -0.25) is 0 Å². The molecule has 33 heavy (non-hydrogen) atoms. The number of carbonyl (C=O) groups is 1. The number of halogens is 2. The summed E-state index contributed by atoms with van der Waals surface area (Å²) in [7, 11) is 0. The van der Waals surface area contributed by atoms with E-state index in [-0.39, 0.29) is 11.6 Å². The molecule has 168 valence electrons. The second-order valence-corrected chi connectivity index (χ2v) is 8.61. The molecule has 1 aliphatic rings. The van der Waals surface area contributed by atoms with Crippen LogP contribution in [0.2, 0.25) is 5.02 Å². The minimum absolute atomic E-state index is 0.186. The number of aryl methyl sites for hydroxylation is 1. The van der Waals surface area contributed by atoms with Crippen molar-refractivity contribution in [3.05, 3.63) is 98.1 Å². The Bertz CT molecular complexity index is 1250. The second-order valence-electron chi connectivity index (χ2n) is 7.35. The minimum Gasteiger partial charge on any atom is -0.490 e. The molecule has 0 saturated carbocycles. The normalized spacial score (nSPS) is 14.2. The fourth-order valence-electron chi connectivity index (χ4n) is 3.23. The first-order valence-corrected chi connectivity index (χ1v) is 11.5. The topological polar surface area (TPSA) is 57.1 Å². The van der Waals surface area contributed by atoms with E-state index in [1.165, 1.54) is 0 Å². The summed E-state index contributed by atoms with van der Waals surface area (Å²) in [6.07, 6.45) is 1.62. The van der Waals surface area contributed by atoms with Crippen molar-refractivity contribution in [1.82, 2.24) is 0 Å². The van der Waals surface area contributed by atoms with Crippen LogP contribution in [0.25, 0.3) is 6.08 Å². The third kappa shape index (κ3) is 5.46. The summed E-state index contributed by atoms with van der Waals surface area (Å²) in [5.74, 6) is 0.678. The van der Waals surface area contributed by atoms with Gasteiger partial charge in [-0.1, -0.05) is 63.4 Å². The van der Waals surface area contributed by atoms with Crippen molar-refractivity contribution in [2.75, 3.05) is 6.61 Å². The molecule has 0 aromatic heterocycles. The van der Waals surface area contributed by atoms with Crippen LogP contribution in [0.4, 0.5) is 0 Å². The number of aliphatic imine (C=N–C) groups is 1. The molecular weight excluding hydrogens is 506 g/mol. The number of cyclic esters (lactones) is 1. The summed E-state index contributed by atoms with van der Waals surface area (Å²) in [6, 6.07) is 18.9. The monoisotopic (exact) mass is 525 g/mol. The zero-order valence-corrected chi connectivity index (χ0v) is 20.4. The van der Waals surface area contributed by atoms with Crippen molar-refractivity contribution in [1.29, 1.82) is 0 Å². The SMILES string of the molecule is CCOc1cc(/C=C2\N=C(c3ccc(C)cc3)OC2=O)cc(Cl)c1OCc1ccccc1Br. The van der Waals surface area contributed by atoms with Crippen LogP contribution in [0.1, 0.15) is 29.2 Å². The van der Waals surface area contributed by atoms with Crippen molar-refractivity contribution < 1.29 is 19.0 Å². The number of ether oxygens (including phenoxy) is 3. The predicted molar refractivity (Wildman–Crippen MR) is 133 cm³/mol. The lowest BCUT2D eigenvalue weighted by Gasteiger charge is -2.15. The zero-order valence-electron chi connectivity index (χ0n) is 18.1. The average Bonchev–Trinajstić information content (AvgIpc) is 3.15. The van der Waals surface area contributed by atoms with Crippen molar-refractivity contribution in [3.63, 3.8) is 0 Å². The second kappa shape index (κ2) is 10.2. The highest BCUT2D eigenvalue weighted by atomic mass is 79.9. The summed E-state index contributed by atoms with van der Waals surface area (Å²) in [4.78, 5) is 16.7. The van der Waals surface area contributed by atoms with Gasteiger partial charge in [0.2, 0.25) is 5.90 Å². The molecule has 1 aliphatic heterocycles. The predicted octanol–water partition coefficient (Wildman–Crippen LogP) is 6.73. The van der Waals surface area contributed by atoms with Crippen LogP contribution >= 0.6 is 27.5 Å². The van der Waals surface area contributed by atoms with Gasteiger partial charge in [0.15, 0.2) is 17.2 Å². The lowest BCUT2D eigenvalue weighted by Crippen LogP contribution is -2.05. The van der Waals surface area contributed by atoms with E-state index >= 15 is 0 Å². The minimum atomic E-state index is -0.520. The number of benzene rings is 3. The quantitative estimate of drug-likeness (QED) is 0.253. The molecule has 0 atom stereocenters. The standard InChI is InChI=1S/C26H21BrClNO4/c1-3-31-23-14-17(12-21(28)24(23)32-15-19-6-4-5-7-20(19)27)13-22-26(30)33-25(29-22)18-10-8-16(2)9-11-18/h4-14H,3,15H2,1-2H3/b22-13-. The van der Waals surface area contributed by atoms with Crippen LogP contribution in [0.5, 0.6) is 11.5 Å². The van der Waals surface area contributed by atoms with Crippen molar-refractivity contribution in [2.24, 2.45) is 4.99 Å². The Kier molecular flexibility index (Phi) is 7.16. The smallest absolute Gasteiger partial charge is 0.363 e. The largest absolute Gasteiger partial charge is 0.490 e. The van der Waals surface area contributed by atoms with Crippen molar-refractivity contribution in [3.8, 4) is 11.5 Å². The van der Waals surface area contributed by atoms with Gasteiger partial charge in [-0.2, -0.15) is 0 Å². The first kappa shape index (κ1) is 23.1. The molecule has 3 aromatic carbocycles. The maximum Gasteiger partial charge on any atom is 0.363 e. The maximum absolute atomic E-state index is 12.4. The van der Waals surface area contributed by atoms with Gasteiger partial charge in [0.25, 0.3) is 0 Å². The van der Waals surface area contributed by atoms with Crippen LogP contribution in [0, 0.1) is 6.92 Å².